The van der Waals surface area contributed by atoms with Gasteiger partial charge in [-0.25, -0.2) is 4.79 Å². The Labute approximate surface area is 104 Å². The first kappa shape index (κ1) is 11.9. The fourth-order valence-electron chi connectivity index (χ4n) is 1.43. The molecule has 0 saturated carbocycles. The molecule has 18 heavy (non-hydrogen) atoms. The molecule has 0 aliphatic heterocycles. The number of aryl methyl sites for hydroxylation is 1. The molecule has 1 aromatic carbocycles. The third kappa shape index (κ3) is 2.74. The predicted molar refractivity (Wildman–Crippen MR) is 63.5 cm³/mol. The Balaban J connectivity index is 1.95. The number of nitriles is 1. The van der Waals surface area contributed by atoms with Gasteiger partial charge in [0, 0.05) is 13.2 Å². The Hall–Kier alpha value is -2.61. The Bertz CT molecular complexity index is 593. The summed E-state index contributed by atoms with van der Waals surface area (Å²) in [5.74, 6) is -0.410. The lowest BCUT2D eigenvalue weighted by Crippen LogP contribution is -2.04. The molecule has 90 valence electrons. The number of benzene rings is 1. The quantitative estimate of drug-likeness (QED) is 0.766. The Morgan fingerprint density at radius 2 is 2.17 bits per heavy atom. The summed E-state index contributed by atoms with van der Waals surface area (Å²) in [5.41, 5.74) is 1.84. The van der Waals surface area contributed by atoms with Crippen LogP contribution in [0.25, 0.3) is 0 Å². The maximum Gasteiger partial charge on any atom is 0.341 e. The monoisotopic (exact) mass is 241 g/mol. The van der Waals surface area contributed by atoms with E-state index < -0.39 is 5.97 Å². The molecular weight excluding hydrogens is 230 g/mol. The van der Waals surface area contributed by atoms with Gasteiger partial charge in [0.15, 0.2) is 0 Å². The molecule has 1 aromatic heterocycles. The van der Waals surface area contributed by atoms with Crippen LogP contribution < -0.4 is 0 Å². The number of aromatic nitrogens is 2. The van der Waals surface area contributed by atoms with Crippen LogP contribution in [0.3, 0.4) is 0 Å². The zero-order chi connectivity index (χ0) is 13.0. The summed E-state index contributed by atoms with van der Waals surface area (Å²) in [5, 5.41) is 12.5. The molecule has 0 aliphatic rings. The summed E-state index contributed by atoms with van der Waals surface area (Å²) in [7, 11) is 1.73. The summed E-state index contributed by atoms with van der Waals surface area (Å²) in [6.45, 7) is 0.180. The largest absolute Gasteiger partial charge is 0.457 e. The molecule has 0 radical (unpaired) electrons. The van der Waals surface area contributed by atoms with Crippen LogP contribution in [-0.2, 0) is 18.4 Å². The van der Waals surface area contributed by atoms with Gasteiger partial charge in [0.05, 0.1) is 23.4 Å². The first-order valence-electron chi connectivity index (χ1n) is 5.34. The molecule has 0 atom stereocenters. The SMILES string of the molecule is Cn1cc(C(=O)OCc2ccc(C#N)cc2)cn1. The molecule has 5 heteroatoms. The van der Waals surface area contributed by atoms with Crippen molar-refractivity contribution < 1.29 is 9.53 Å². The minimum atomic E-state index is -0.410. The zero-order valence-electron chi connectivity index (χ0n) is 9.83. The second-order valence-corrected chi connectivity index (χ2v) is 3.79. The number of hydrogen-bond donors (Lipinski definition) is 0. The van der Waals surface area contributed by atoms with E-state index in [2.05, 4.69) is 5.10 Å². The number of hydrogen-bond acceptors (Lipinski definition) is 4. The van der Waals surface area contributed by atoms with Gasteiger partial charge in [-0.05, 0) is 17.7 Å². The molecule has 0 amide bonds. The summed E-state index contributed by atoms with van der Waals surface area (Å²) in [6.07, 6.45) is 3.06. The molecular formula is C13H11N3O2. The van der Waals surface area contributed by atoms with E-state index in [0.717, 1.165) is 5.56 Å². The number of carbonyl (C=O) groups is 1. The topological polar surface area (TPSA) is 67.9 Å². The highest BCUT2D eigenvalue weighted by molar-refractivity contribution is 5.88. The van der Waals surface area contributed by atoms with Crippen LogP contribution in [0.1, 0.15) is 21.5 Å². The number of rotatable bonds is 3. The standard InChI is InChI=1S/C13H11N3O2/c1-16-8-12(7-15-16)13(17)18-9-11-4-2-10(6-14)3-5-11/h2-5,7-8H,9H2,1H3. The van der Waals surface area contributed by atoms with Crippen LogP contribution in [0.2, 0.25) is 0 Å². The number of ether oxygens (including phenoxy) is 1. The van der Waals surface area contributed by atoms with Gasteiger partial charge in [-0.2, -0.15) is 10.4 Å². The lowest BCUT2D eigenvalue weighted by molar-refractivity contribution is 0.0472. The third-order valence-corrected chi connectivity index (χ3v) is 2.39. The number of carbonyl (C=O) groups excluding carboxylic acids is 1. The van der Waals surface area contributed by atoms with E-state index in [1.807, 2.05) is 6.07 Å². The predicted octanol–water partition coefficient (Wildman–Crippen LogP) is 1.65. The molecule has 0 fully saturated rings. The fraction of sp³-hybridized carbons (Fsp3) is 0.154. The van der Waals surface area contributed by atoms with Crippen LogP contribution in [0.4, 0.5) is 0 Å². The van der Waals surface area contributed by atoms with Gasteiger partial charge in [0.2, 0.25) is 0 Å². The molecule has 0 bridgehead atoms. The minimum Gasteiger partial charge on any atom is -0.457 e. The smallest absolute Gasteiger partial charge is 0.341 e. The summed E-state index contributed by atoms with van der Waals surface area (Å²) in [4.78, 5) is 11.6. The van der Waals surface area contributed by atoms with Gasteiger partial charge in [0.25, 0.3) is 0 Å². The minimum absolute atomic E-state index is 0.180. The first-order valence-corrected chi connectivity index (χ1v) is 5.34. The lowest BCUT2D eigenvalue weighted by Gasteiger charge is -2.03. The average molecular weight is 241 g/mol. The highest BCUT2D eigenvalue weighted by Gasteiger charge is 2.09. The zero-order valence-corrected chi connectivity index (χ0v) is 9.83. The van der Waals surface area contributed by atoms with E-state index in [1.54, 1.807) is 37.5 Å². The van der Waals surface area contributed by atoms with Gasteiger partial charge in [-0.3, -0.25) is 4.68 Å². The molecule has 0 saturated heterocycles. The number of nitrogens with zero attached hydrogens (tertiary/aromatic N) is 3. The molecule has 5 nitrogen and oxygen atoms in total. The fourth-order valence-corrected chi connectivity index (χ4v) is 1.43. The maximum atomic E-state index is 11.6. The van der Waals surface area contributed by atoms with Gasteiger partial charge in [-0.15, -0.1) is 0 Å². The molecule has 0 aliphatic carbocycles. The van der Waals surface area contributed by atoms with Crippen LogP contribution in [-0.4, -0.2) is 15.7 Å². The Morgan fingerprint density at radius 1 is 1.44 bits per heavy atom. The van der Waals surface area contributed by atoms with Crippen molar-refractivity contribution in [2.45, 2.75) is 6.61 Å². The Kier molecular flexibility index (Phi) is 3.39. The lowest BCUT2D eigenvalue weighted by atomic mass is 10.2. The van der Waals surface area contributed by atoms with Crippen LogP contribution in [0, 0.1) is 11.3 Å². The summed E-state index contributed by atoms with van der Waals surface area (Å²) < 4.78 is 6.67. The third-order valence-electron chi connectivity index (χ3n) is 2.39. The van der Waals surface area contributed by atoms with E-state index >= 15 is 0 Å². The van der Waals surface area contributed by atoms with E-state index in [1.165, 1.54) is 10.9 Å². The molecule has 0 spiro atoms. The van der Waals surface area contributed by atoms with Crippen LogP contribution in [0.5, 0.6) is 0 Å². The summed E-state index contributed by atoms with van der Waals surface area (Å²) in [6, 6.07) is 8.92. The van der Waals surface area contributed by atoms with Crippen molar-refractivity contribution in [3.8, 4) is 6.07 Å². The van der Waals surface area contributed by atoms with Gasteiger partial charge < -0.3 is 4.74 Å². The second kappa shape index (κ2) is 5.15. The normalized spacial score (nSPS) is 9.78. The van der Waals surface area contributed by atoms with Crippen LogP contribution >= 0.6 is 0 Å². The second-order valence-electron chi connectivity index (χ2n) is 3.79. The van der Waals surface area contributed by atoms with Crippen molar-refractivity contribution in [3.05, 3.63) is 53.3 Å². The van der Waals surface area contributed by atoms with E-state index in [-0.39, 0.29) is 6.61 Å². The van der Waals surface area contributed by atoms with Gasteiger partial charge >= 0.3 is 5.97 Å². The van der Waals surface area contributed by atoms with E-state index in [0.29, 0.717) is 11.1 Å². The van der Waals surface area contributed by atoms with Crippen molar-refractivity contribution in [2.24, 2.45) is 7.05 Å². The van der Waals surface area contributed by atoms with E-state index in [4.69, 9.17) is 10.00 Å². The van der Waals surface area contributed by atoms with Gasteiger partial charge in [-0.1, -0.05) is 12.1 Å². The van der Waals surface area contributed by atoms with E-state index in [9.17, 15) is 4.79 Å². The highest BCUT2D eigenvalue weighted by Crippen LogP contribution is 2.07. The molecule has 0 N–H and O–H groups in total. The number of esters is 1. The Morgan fingerprint density at radius 3 is 2.72 bits per heavy atom. The maximum absolute atomic E-state index is 11.6. The highest BCUT2D eigenvalue weighted by atomic mass is 16.5. The van der Waals surface area contributed by atoms with Crippen LogP contribution in [0.15, 0.2) is 36.7 Å². The molecule has 2 aromatic rings. The molecule has 2 rings (SSSR count). The molecule has 0 unspecified atom stereocenters. The van der Waals surface area contributed by atoms with Crippen molar-refractivity contribution in [3.63, 3.8) is 0 Å². The van der Waals surface area contributed by atoms with Crippen molar-refractivity contribution in [2.75, 3.05) is 0 Å². The van der Waals surface area contributed by atoms with Crippen molar-refractivity contribution in [1.82, 2.24) is 9.78 Å². The van der Waals surface area contributed by atoms with Gasteiger partial charge in [0.1, 0.15) is 6.61 Å². The molecule has 1 heterocycles. The average Bonchev–Trinajstić information content (AvgIpc) is 2.83. The first-order chi connectivity index (χ1) is 8.69. The summed E-state index contributed by atoms with van der Waals surface area (Å²) >= 11 is 0. The van der Waals surface area contributed by atoms with Crippen molar-refractivity contribution >= 4 is 5.97 Å². The van der Waals surface area contributed by atoms with Crippen molar-refractivity contribution in [1.29, 1.82) is 5.26 Å².